The number of aromatic nitrogens is 2. The maximum Gasteiger partial charge on any atom is 0.191 e. The van der Waals surface area contributed by atoms with Crippen LogP contribution in [0, 0.1) is 17.2 Å². The average Bonchev–Trinajstić information content (AvgIpc) is 3.46. The molecule has 1 aliphatic carbocycles. The van der Waals surface area contributed by atoms with Crippen LogP contribution in [0.25, 0.3) is 5.69 Å². The first-order valence-electron chi connectivity index (χ1n) is 9.58. The van der Waals surface area contributed by atoms with Gasteiger partial charge < -0.3 is 16.4 Å². The highest BCUT2D eigenvalue weighted by Crippen LogP contribution is 2.28. The van der Waals surface area contributed by atoms with Crippen molar-refractivity contribution in [2.75, 3.05) is 25.4 Å². The quantitative estimate of drug-likeness (QED) is 0.227. The molecule has 1 aromatic heterocycles. The lowest BCUT2D eigenvalue weighted by molar-refractivity contribution is 0.718. The molecule has 1 heterocycles. The van der Waals surface area contributed by atoms with E-state index >= 15 is 0 Å². The number of hydrogen-bond donors (Lipinski definition) is 3. The molecule has 7 nitrogen and oxygen atoms in total. The van der Waals surface area contributed by atoms with Crippen LogP contribution in [-0.4, -0.2) is 35.4 Å². The molecule has 3 rings (SSSR count). The molecule has 0 aliphatic heterocycles. The Labute approximate surface area is 183 Å². The maximum atomic E-state index is 9.47. The topological polar surface area (TPSA) is 104 Å². The zero-order chi connectivity index (χ0) is 19.1. The second kappa shape index (κ2) is 10.9. The number of nitrogens with two attached hydrogens (primary N) is 1. The van der Waals surface area contributed by atoms with E-state index in [1.54, 1.807) is 4.68 Å². The lowest BCUT2D eigenvalue weighted by Gasteiger charge is -2.10. The molecular formula is C20H28IN7. The Morgan fingerprint density at radius 1 is 1.32 bits per heavy atom. The van der Waals surface area contributed by atoms with Gasteiger partial charge in [0.1, 0.15) is 17.5 Å². The molecular weight excluding hydrogens is 465 g/mol. The zero-order valence-electron chi connectivity index (χ0n) is 16.2. The van der Waals surface area contributed by atoms with Crippen LogP contribution in [0.2, 0.25) is 0 Å². The van der Waals surface area contributed by atoms with Crippen molar-refractivity contribution < 1.29 is 0 Å². The van der Waals surface area contributed by atoms with Gasteiger partial charge in [-0.25, -0.2) is 4.68 Å². The van der Waals surface area contributed by atoms with Crippen molar-refractivity contribution in [2.24, 2.45) is 10.9 Å². The molecule has 0 saturated heterocycles. The van der Waals surface area contributed by atoms with Crippen LogP contribution < -0.4 is 16.4 Å². The molecule has 0 unspecified atom stereocenters. The Morgan fingerprint density at radius 2 is 2.07 bits per heavy atom. The van der Waals surface area contributed by atoms with Gasteiger partial charge in [-0.2, -0.15) is 10.4 Å². The first kappa shape index (κ1) is 22.0. The summed E-state index contributed by atoms with van der Waals surface area (Å²) in [5.74, 6) is 2.02. The summed E-state index contributed by atoms with van der Waals surface area (Å²) in [5.41, 5.74) is 8.21. The zero-order valence-corrected chi connectivity index (χ0v) is 18.5. The van der Waals surface area contributed by atoms with Crippen LogP contribution >= 0.6 is 24.0 Å². The Balaban J connectivity index is 0.00000280. The minimum atomic E-state index is 0. The normalized spacial score (nSPS) is 13.5. The molecule has 0 amide bonds. The van der Waals surface area contributed by atoms with Crippen LogP contribution in [0.15, 0.2) is 35.3 Å². The minimum absolute atomic E-state index is 0. The molecule has 0 bridgehead atoms. The van der Waals surface area contributed by atoms with Gasteiger partial charge in [-0.15, -0.1) is 24.0 Å². The molecule has 150 valence electrons. The summed E-state index contributed by atoms with van der Waals surface area (Å²) in [7, 11) is 0. The molecule has 1 fully saturated rings. The van der Waals surface area contributed by atoms with Crippen LogP contribution in [0.5, 0.6) is 0 Å². The van der Waals surface area contributed by atoms with Gasteiger partial charge in [0.2, 0.25) is 0 Å². The van der Waals surface area contributed by atoms with Gasteiger partial charge in [-0.1, -0.05) is 18.2 Å². The Kier molecular flexibility index (Phi) is 8.57. The number of rotatable bonds is 8. The lowest BCUT2D eigenvalue weighted by atomic mass is 10.1. The molecule has 28 heavy (non-hydrogen) atoms. The smallest absolute Gasteiger partial charge is 0.191 e. The van der Waals surface area contributed by atoms with Gasteiger partial charge in [0.25, 0.3) is 0 Å². The molecule has 1 aliphatic rings. The first-order valence-corrected chi connectivity index (χ1v) is 9.58. The maximum absolute atomic E-state index is 9.47. The van der Waals surface area contributed by atoms with E-state index in [-0.39, 0.29) is 24.0 Å². The third kappa shape index (κ3) is 5.86. The number of nitrogen functional groups attached to an aromatic ring is 1. The van der Waals surface area contributed by atoms with Crippen LogP contribution in [-0.2, 0) is 6.42 Å². The first-order chi connectivity index (χ1) is 13.2. The molecule has 1 saturated carbocycles. The van der Waals surface area contributed by atoms with E-state index in [0.29, 0.717) is 17.8 Å². The number of aryl methyl sites for hydroxylation is 1. The highest BCUT2D eigenvalue weighted by Gasteiger charge is 2.20. The third-order valence-corrected chi connectivity index (χ3v) is 4.54. The van der Waals surface area contributed by atoms with Crippen LogP contribution in [0.1, 0.15) is 37.4 Å². The van der Waals surface area contributed by atoms with Crippen molar-refractivity contribution in [1.29, 1.82) is 5.26 Å². The summed E-state index contributed by atoms with van der Waals surface area (Å²) in [6.45, 7) is 4.56. The summed E-state index contributed by atoms with van der Waals surface area (Å²) in [6, 6.07) is 11.8. The van der Waals surface area contributed by atoms with E-state index in [2.05, 4.69) is 33.7 Å². The number of nitrogens with one attached hydrogen (secondary N) is 2. The minimum Gasteiger partial charge on any atom is -0.382 e. The average molecular weight is 493 g/mol. The number of nitriles is 1. The third-order valence-electron chi connectivity index (χ3n) is 4.54. The molecule has 0 atom stereocenters. The number of halogens is 1. The molecule has 2 aromatic rings. The Bertz CT molecular complexity index is 819. The van der Waals surface area contributed by atoms with Gasteiger partial charge in [0.15, 0.2) is 5.96 Å². The number of benzene rings is 1. The summed E-state index contributed by atoms with van der Waals surface area (Å²) >= 11 is 0. The van der Waals surface area contributed by atoms with E-state index in [0.717, 1.165) is 49.3 Å². The van der Waals surface area contributed by atoms with Crippen molar-refractivity contribution in [3.63, 3.8) is 0 Å². The fourth-order valence-corrected chi connectivity index (χ4v) is 2.87. The highest BCUT2D eigenvalue weighted by atomic mass is 127. The van der Waals surface area contributed by atoms with Gasteiger partial charge in [0.05, 0.1) is 11.4 Å². The van der Waals surface area contributed by atoms with Gasteiger partial charge >= 0.3 is 0 Å². The second-order valence-corrected chi connectivity index (χ2v) is 6.76. The van der Waals surface area contributed by atoms with E-state index in [1.165, 1.54) is 12.8 Å². The predicted molar refractivity (Wildman–Crippen MR) is 123 cm³/mol. The van der Waals surface area contributed by atoms with Crippen molar-refractivity contribution in [3.05, 3.63) is 41.6 Å². The fourth-order valence-electron chi connectivity index (χ4n) is 2.87. The van der Waals surface area contributed by atoms with E-state index in [9.17, 15) is 5.26 Å². The standard InChI is InChI=1S/C20H27N7.HI/c1-2-23-20(25-14-15-10-11-15)24-12-6-9-18-17(13-21)19(22)27(26-18)16-7-4-3-5-8-16;/h3-5,7-8,15H,2,6,9-12,14,22H2,1H3,(H2,23,24,25);1H. The van der Waals surface area contributed by atoms with Gasteiger partial charge in [0, 0.05) is 19.6 Å². The Hall–Kier alpha value is -2.28. The second-order valence-electron chi connectivity index (χ2n) is 6.76. The molecule has 0 radical (unpaired) electrons. The summed E-state index contributed by atoms with van der Waals surface area (Å²) in [6.07, 6.45) is 4.12. The van der Waals surface area contributed by atoms with Crippen LogP contribution in [0.3, 0.4) is 0 Å². The summed E-state index contributed by atoms with van der Waals surface area (Å²) in [4.78, 5) is 4.61. The van der Waals surface area contributed by atoms with E-state index < -0.39 is 0 Å². The highest BCUT2D eigenvalue weighted by molar-refractivity contribution is 14.0. The number of nitrogens with zero attached hydrogens (tertiary/aromatic N) is 4. The van der Waals surface area contributed by atoms with Gasteiger partial charge in [-0.3, -0.25) is 4.99 Å². The predicted octanol–water partition coefficient (Wildman–Crippen LogP) is 2.84. The van der Waals surface area contributed by atoms with Crippen molar-refractivity contribution in [3.8, 4) is 11.8 Å². The number of hydrogen-bond acceptors (Lipinski definition) is 4. The monoisotopic (exact) mass is 493 g/mol. The number of para-hydroxylation sites is 1. The fraction of sp³-hybridized carbons (Fsp3) is 0.450. The van der Waals surface area contributed by atoms with E-state index in [4.69, 9.17) is 5.73 Å². The largest absolute Gasteiger partial charge is 0.382 e. The van der Waals surface area contributed by atoms with Crippen molar-refractivity contribution in [2.45, 2.75) is 32.6 Å². The molecule has 1 aromatic carbocycles. The number of anilines is 1. The van der Waals surface area contributed by atoms with Crippen molar-refractivity contribution >= 4 is 35.8 Å². The van der Waals surface area contributed by atoms with Crippen molar-refractivity contribution in [1.82, 2.24) is 20.4 Å². The Morgan fingerprint density at radius 3 is 2.71 bits per heavy atom. The molecule has 0 spiro atoms. The summed E-state index contributed by atoms with van der Waals surface area (Å²) < 4.78 is 1.64. The molecule has 8 heteroatoms. The van der Waals surface area contributed by atoms with Gasteiger partial charge in [-0.05, 0) is 50.7 Å². The lowest BCUT2D eigenvalue weighted by Crippen LogP contribution is -2.38. The van der Waals surface area contributed by atoms with E-state index in [1.807, 2.05) is 30.3 Å². The SMILES string of the molecule is CCNC(=NCC1CC1)NCCCc1nn(-c2ccccc2)c(N)c1C#N.I. The number of aliphatic imine (C=N–C) groups is 1. The molecule has 4 N–H and O–H groups in total. The van der Waals surface area contributed by atoms with Crippen LogP contribution in [0.4, 0.5) is 5.82 Å². The number of guanidine groups is 1. The summed E-state index contributed by atoms with van der Waals surface area (Å²) in [5, 5.41) is 20.7.